The third-order valence-electron chi connectivity index (χ3n) is 2.60. The van der Waals surface area contributed by atoms with Crippen molar-refractivity contribution in [2.45, 2.75) is 6.54 Å². The summed E-state index contributed by atoms with van der Waals surface area (Å²) in [6.07, 6.45) is 0. The van der Waals surface area contributed by atoms with Crippen LogP contribution in [0.3, 0.4) is 0 Å². The number of H-pyrrole nitrogens is 1. The number of benzene rings is 1. The van der Waals surface area contributed by atoms with Crippen LogP contribution in [0.15, 0.2) is 29.6 Å². The maximum atomic E-state index is 13.5. The number of nitrogens with zero attached hydrogens (tertiary/aromatic N) is 1. The molecule has 0 atom stereocenters. The molecule has 3 rings (SSSR count). The van der Waals surface area contributed by atoms with Gasteiger partial charge in [-0.3, -0.25) is 0 Å². The zero-order chi connectivity index (χ0) is 11.8. The van der Waals surface area contributed by atoms with Gasteiger partial charge in [0, 0.05) is 17.3 Å². The van der Waals surface area contributed by atoms with Crippen LogP contribution >= 0.6 is 11.3 Å². The molecule has 0 spiro atoms. The first-order valence-corrected chi connectivity index (χ1v) is 6.08. The Hall–Kier alpha value is -1.72. The Morgan fingerprint density at radius 3 is 3.00 bits per heavy atom. The van der Waals surface area contributed by atoms with Crippen LogP contribution < -0.4 is 5.73 Å². The summed E-state index contributed by atoms with van der Waals surface area (Å²) in [4.78, 5) is 7.41. The molecule has 0 aliphatic heterocycles. The molecule has 3 nitrogen and oxygen atoms in total. The van der Waals surface area contributed by atoms with Crippen LogP contribution in [0, 0.1) is 5.82 Å². The van der Waals surface area contributed by atoms with Gasteiger partial charge in [-0.15, -0.1) is 11.3 Å². The molecule has 0 saturated carbocycles. The average molecular weight is 247 g/mol. The van der Waals surface area contributed by atoms with Crippen molar-refractivity contribution in [3.63, 3.8) is 0 Å². The number of hydrogen-bond donors (Lipinski definition) is 2. The lowest BCUT2D eigenvalue weighted by Crippen LogP contribution is -1.95. The number of para-hydroxylation sites is 1. The van der Waals surface area contributed by atoms with E-state index in [-0.39, 0.29) is 5.82 Å². The van der Waals surface area contributed by atoms with Crippen LogP contribution in [0.1, 0.15) is 5.69 Å². The van der Waals surface area contributed by atoms with Crippen molar-refractivity contribution in [1.82, 2.24) is 9.97 Å². The molecule has 0 aliphatic rings. The van der Waals surface area contributed by atoms with Crippen LogP contribution in [-0.4, -0.2) is 9.97 Å². The molecule has 0 unspecified atom stereocenters. The minimum absolute atomic E-state index is 0.246. The van der Waals surface area contributed by atoms with Crippen molar-refractivity contribution < 1.29 is 4.39 Å². The van der Waals surface area contributed by atoms with Crippen molar-refractivity contribution in [3.05, 3.63) is 41.2 Å². The smallest absolute Gasteiger partial charge is 0.147 e. The zero-order valence-corrected chi connectivity index (χ0v) is 9.72. The quantitative estimate of drug-likeness (QED) is 0.731. The minimum atomic E-state index is -0.246. The molecule has 3 aromatic rings. The summed E-state index contributed by atoms with van der Waals surface area (Å²) >= 11 is 1.50. The number of nitrogens with one attached hydrogen (secondary N) is 1. The maximum Gasteiger partial charge on any atom is 0.147 e. The number of rotatable bonds is 2. The summed E-state index contributed by atoms with van der Waals surface area (Å²) in [5, 5.41) is 3.60. The normalized spacial score (nSPS) is 11.2. The van der Waals surface area contributed by atoms with E-state index < -0.39 is 0 Å². The van der Waals surface area contributed by atoms with Crippen molar-refractivity contribution >= 4 is 22.2 Å². The summed E-state index contributed by atoms with van der Waals surface area (Å²) in [7, 11) is 0. The zero-order valence-electron chi connectivity index (χ0n) is 8.90. The third kappa shape index (κ3) is 1.73. The second kappa shape index (κ2) is 3.94. The predicted molar refractivity (Wildman–Crippen MR) is 67.3 cm³/mol. The van der Waals surface area contributed by atoms with Gasteiger partial charge in [0.2, 0.25) is 0 Å². The fraction of sp³-hybridized carbons (Fsp3) is 0.0833. The Bertz CT molecular complexity index is 671. The van der Waals surface area contributed by atoms with E-state index in [0.29, 0.717) is 12.1 Å². The number of aromatic amines is 1. The molecule has 0 radical (unpaired) electrons. The van der Waals surface area contributed by atoms with E-state index in [1.807, 2.05) is 17.5 Å². The molecule has 3 N–H and O–H groups in total. The fourth-order valence-electron chi connectivity index (χ4n) is 1.76. The third-order valence-corrected chi connectivity index (χ3v) is 3.52. The molecule has 17 heavy (non-hydrogen) atoms. The first-order chi connectivity index (χ1) is 8.28. The SMILES string of the molecule is NCc1csc(-c2cc3cccc(F)c3[nH]2)n1. The van der Waals surface area contributed by atoms with Gasteiger partial charge in [-0.25, -0.2) is 9.37 Å². The largest absolute Gasteiger partial charge is 0.350 e. The molecule has 0 bridgehead atoms. The molecule has 0 amide bonds. The maximum absolute atomic E-state index is 13.5. The van der Waals surface area contributed by atoms with E-state index in [0.717, 1.165) is 21.8 Å². The Morgan fingerprint density at radius 1 is 1.41 bits per heavy atom. The number of aromatic nitrogens is 2. The molecule has 0 fully saturated rings. The standard InChI is InChI=1S/C12H10FN3S/c13-9-3-1-2-7-4-10(16-11(7)9)12-15-8(5-14)6-17-12/h1-4,6,16H,5,14H2. The van der Waals surface area contributed by atoms with Gasteiger partial charge >= 0.3 is 0 Å². The topological polar surface area (TPSA) is 54.7 Å². The van der Waals surface area contributed by atoms with Crippen molar-refractivity contribution in [2.75, 3.05) is 0 Å². The number of fused-ring (bicyclic) bond motifs is 1. The van der Waals surface area contributed by atoms with Crippen LogP contribution in [0.25, 0.3) is 21.6 Å². The van der Waals surface area contributed by atoms with E-state index in [2.05, 4.69) is 9.97 Å². The lowest BCUT2D eigenvalue weighted by Gasteiger charge is -1.90. The van der Waals surface area contributed by atoms with Gasteiger partial charge in [0.15, 0.2) is 0 Å². The van der Waals surface area contributed by atoms with Crippen molar-refractivity contribution in [3.8, 4) is 10.7 Å². The van der Waals surface area contributed by atoms with E-state index in [1.54, 1.807) is 6.07 Å². The molecule has 86 valence electrons. The molecule has 1 aromatic carbocycles. The number of thiazole rings is 1. The Balaban J connectivity index is 2.14. The Kier molecular flexibility index (Phi) is 2.42. The lowest BCUT2D eigenvalue weighted by molar-refractivity contribution is 0.637. The first kappa shape index (κ1) is 10.4. The van der Waals surface area contributed by atoms with Gasteiger partial charge in [0.1, 0.15) is 10.8 Å². The summed E-state index contributed by atoms with van der Waals surface area (Å²) in [5.74, 6) is -0.246. The van der Waals surface area contributed by atoms with Crippen LogP contribution in [-0.2, 0) is 6.54 Å². The Morgan fingerprint density at radius 2 is 2.29 bits per heavy atom. The highest BCUT2D eigenvalue weighted by Crippen LogP contribution is 2.27. The number of nitrogens with two attached hydrogens (primary N) is 1. The molecule has 0 aliphatic carbocycles. The minimum Gasteiger partial charge on any atom is -0.350 e. The van der Waals surface area contributed by atoms with E-state index in [4.69, 9.17) is 5.73 Å². The first-order valence-electron chi connectivity index (χ1n) is 5.20. The van der Waals surface area contributed by atoms with Gasteiger partial charge in [0.05, 0.1) is 16.9 Å². The summed E-state index contributed by atoms with van der Waals surface area (Å²) in [6.45, 7) is 0.422. The second-order valence-electron chi connectivity index (χ2n) is 3.74. The van der Waals surface area contributed by atoms with Gasteiger partial charge in [-0.1, -0.05) is 12.1 Å². The van der Waals surface area contributed by atoms with Crippen LogP contribution in [0.4, 0.5) is 4.39 Å². The molecule has 2 aromatic heterocycles. The van der Waals surface area contributed by atoms with Gasteiger partial charge in [-0.05, 0) is 12.1 Å². The monoisotopic (exact) mass is 247 g/mol. The Labute approximate surface area is 101 Å². The van der Waals surface area contributed by atoms with Crippen LogP contribution in [0.5, 0.6) is 0 Å². The molecule has 5 heteroatoms. The van der Waals surface area contributed by atoms with E-state index >= 15 is 0 Å². The summed E-state index contributed by atoms with van der Waals surface area (Å²) in [5.41, 5.74) is 7.71. The summed E-state index contributed by atoms with van der Waals surface area (Å²) < 4.78 is 13.5. The van der Waals surface area contributed by atoms with Crippen LogP contribution in [0.2, 0.25) is 0 Å². The molecule has 2 heterocycles. The summed E-state index contributed by atoms with van der Waals surface area (Å²) in [6, 6.07) is 6.91. The van der Waals surface area contributed by atoms with Gasteiger partial charge < -0.3 is 10.7 Å². The number of halogens is 1. The highest BCUT2D eigenvalue weighted by Gasteiger charge is 2.09. The lowest BCUT2D eigenvalue weighted by atomic mass is 10.2. The van der Waals surface area contributed by atoms with E-state index in [9.17, 15) is 4.39 Å². The molecular formula is C12H10FN3S. The van der Waals surface area contributed by atoms with Crippen molar-refractivity contribution in [1.29, 1.82) is 0 Å². The fourth-order valence-corrected chi connectivity index (χ4v) is 2.56. The molecule has 0 saturated heterocycles. The number of hydrogen-bond acceptors (Lipinski definition) is 3. The van der Waals surface area contributed by atoms with Crippen molar-refractivity contribution in [2.24, 2.45) is 5.73 Å². The average Bonchev–Trinajstić information content (AvgIpc) is 2.95. The molecular weight excluding hydrogens is 237 g/mol. The van der Waals surface area contributed by atoms with Gasteiger partial charge in [0.25, 0.3) is 0 Å². The highest BCUT2D eigenvalue weighted by atomic mass is 32.1. The predicted octanol–water partition coefficient (Wildman–Crippen LogP) is 2.89. The second-order valence-corrected chi connectivity index (χ2v) is 4.59. The van der Waals surface area contributed by atoms with Gasteiger partial charge in [-0.2, -0.15) is 0 Å². The van der Waals surface area contributed by atoms with E-state index in [1.165, 1.54) is 17.4 Å². The highest BCUT2D eigenvalue weighted by molar-refractivity contribution is 7.13.